The topological polar surface area (TPSA) is 57.3 Å². The Kier molecular flexibility index (Phi) is 5.70. The second kappa shape index (κ2) is 8.10. The van der Waals surface area contributed by atoms with Crippen LogP contribution in [0.25, 0.3) is 10.2 Å². The zero-order chi connectivity index (χ0) is 20.6. The molecular formula is C20H25F3N4OS. The van der Waals surface area contributed by atoms with Crippen LogP contribution in [0.4, 0.5) is 19.0 Å². The van der Waals surface area contributed by atoms with E-state index in [1.165, 1.54) is 25.3 Å². The lowest BCUT2D eigenvalue weighted by Crippen LogP contribution is -2.38. The van der Waals surface area contributed by atoms with E-state index in [1.807, 2.05) is 4.90 Å². The van der Waals surface area contributed by atoms with Crippen LogP contribution in [0.2, 0.25) is 0 Å². The molecule has 2 aliphatic rings. The van der Waals surface area contributed by atoms with Gasteiger partial charge in [-0.3, -0.25) is 4.79 Å². The number of halogens is 3. The van der Waals surface area contributed by atoms with Crippen LogP contribution in [0, 0.1) is 11.8 Å². The molecule has 3 heterocycles. The van der Waals surface area contributed by atoms with Gasteiger partial charge >= 0.3 is 6.18 Å². The first kappa shape index (κ1) is 20.4. The fourth-order valence-electron chi connectivity index (χ4n) is 3.84. The van der Waals surface area contributed by atoms with Crippen molar-refractivity contribution in [3.05, 3.63) is 22.6 Å². The minimum Gasteiger partial charge on any atom is -0.357 e. The molecule has 2 N–H and O–H groups in total. The van der Waals surface area contributed by atoms with Crippen LogP contribution in [0.1, 0.15) is 41.6 Å². The maximum atomic E-state index is 13.7. The van der Waals surface area contributed by atoms with E-state index < -0.39 is 17.6 Å². The number of nitrogens with zero attached hydrogens (tertiary/aromatic N) is 2. The summed E-state index contributed by atoms with van der Waals surface area (Å²) < 4.78 is 41.1. The van der Waals surface area contributed by atoms with Gasteiger partial charge in [-0.1, -0.05) is 0 Å². The Balaban J connectivity index is 1.54. The Bertz CT molecular complexity index is 886. The normalized spacial score (nSPS) is 18.4. The number of nitrogens with one attached hydrogen (secondary N) is 2. The highest BCUT2D eigenvalue weighted by Gasteiger charge is 2.36. The van der Waals surface area contributed by atoms with Gasteiger partial charge in [-0.05, 0) is 56.7 Å². The van der Waals surface area contributed by atoms with Gasteiger partial charge in [0.2, 0.25) is 0 Å². The largest absolute Gasteiger partial charge is 0.417 e. The maximum absolute atomic E-state index is 13.7. The minimum absolute atomic E-state index is 0.0130. The molecule has 29 heavy (non-hydrogen) atoms. The van der Waals surface area contributed by atoms with Gasteiger partial charge in [-0.15, -0.1) is 11.3 Å². The van der Waals surface area contributed by atoms with E-state index in [1.54, 1.807) is 0 Å². The molecule has 1 aliphatic carbocycles. The third kappa shape index (κ3) is 4.50. The smallest absolute Gasteiger partial charge is 0.357 e. The van der Waals surface area contributed by atoms with E-state index in [-0.39, 0.29) is 15.8 Å². The average molecular weight is 427 g/mol. The monoisotopic (exact) mass is 426 g/mol. The summed E-state index contributed by atoms with van der Waals surface area (Å²) in [6.45, 7) is 3.39. The SMILES string of the molecule is CNC(=O)c1csc2c(C(F)(F)F)cc(N3CCC(CNCC4CC4)CC3)nc12. The number of alkyl halides is 3. The standard InChI is InChI=1S/C20H25F3N4OS/c1-24-19(28)14-11-29-18-15(20(21,22)23)8-16(26-17(14)18)27-6-4-13(5-7-27)10-25-9-12-2-3-12/h8,11-13,25H,2-7,9-10H2,1H3,(H,24,28). The van der Waals surface area contributed by atoms with Crippen LogP contribution in [-0.2, 0) is 6.18 Å². The number of fused-ring (bicyclic) bond motifs is 1. The number of thiophene rings is 1. The Morgan fingerprint density at radius 3 is 2.45 bits per heavy atom. The highest BCUT2D eigenvalue weighted by atomic mass is 32.1. The number of aromatic nitrogens is 1. The summed E-state index contributed by atoms with van der Waals surface area (Å²) in [6.07, 6.45) is -0.00926. The molecule has 0 atom stereocenters. The summed E-state index contributed by atoms with van der Waals surface area (Å²) in [5.41, 5.74) is -0.391. The molecule has 2 aromatic rings. The van der Waals surface area contributed by atoms with Gasteiger partial charge in [0.05, 0.1) is 21.3 Å². The number of hydrogen-bond acceptors (Lipinski definition) is 5. The summed E-state index contributed by atoms with van der Waals surface area (Å²) in [6, 6.07) is 1.14. The van der Waals surface area contributed by atoms with Gasteiger partial charge in [0.1, 0.15) is 5.82 Å². The second-order valence-electron chi connectivity index (χ2n) is 7.96. The van der Waals surface area contributed by atoms with Crippen molar-refractivity contribution >= 4 is 33.3 Å². The third-order valence-electron chi connectivity index (χ3n) is 5.79. The van der Waals surface area contributed by atoms with Gasteiger partial charge in [0, 0.05) is 25.5 Å². The first-order valence-electron chi connectivity index (χ1n) is 10.0. The predicted molar refractivity (Wildman–Crippen MR) is 109 cm³/mol. The molecule has 158 valence electrons. The summed E-state index contributed by atoms with van der Waals surface area (Å²) >= 11 is 0.913. The fraction of sp³-hybridized carbons (Fsp3) is 0.600. The van der Waals surface area contributed by atoms with Crippen LogP contribution in [0.15, 0.2) is 11.4 Å². The van der Waals surface area contributed by atoms with E-state index in [0.29, 0.717) is 24.8 Å². The Morgan fingerprint density at radius 1 is 1.21 bits per heavy atom. The number of piperidine rings is 1. The molecule has 1 saturated carbocycles. The maximum Gasteiger partial charge on any atom is 0.417 e. The quantitative estimate of drug-likeness (QED) is 0.736. The average Bonchev–Trinajstić information content (AvgIpc) is 3.43. The van der Waals surface area contributed by atoms with Crippen molar-refractivity contribution < 1.29 is 18.0 Å². The van der Waals surface area contributed by atoms with Crippen LogP contribution in [0.3, 0.4) is 0 Å². The summed E-state index contributed by atoms with van der Waals surface area (Å²) in [5, 5.41) is 7.45. The van der Waals surface area contributed by atoms with Gasteiger partial charge in [0.15, 0.2) is 0 Å². The molecule has 0 radical (unpaired) electrons. The lowest BCUT2D eigenvalue weighted by atomic mass is 9.96. The number of carbonyl (C=O) groups is 1. The van der Waals surface area contributed by atoms with E-state index >= 15 is 0 Å². The molecule has 1 aliphatic heterocycles. The van der Waals surface area contributed by atoms with Gasteiger partial charge in [0.25, 0.3) is 5.91 Å². The van der Waals surface area contributed by atoms with Gasteiger partial charge < -0.3 is 15.5 Å². The van der Waals surface area contributed by atoms with Crippen LogP contribution in [0.5, 0.6) is 0 Å². The summed E-state index contributed by atoms with van der Waals surface area (Å²) in [7, 11) is 1.46. The zero-order valence-corrected chi connectivity index (χ0v) is 17.1. The van der Waals surface area contributed by atoms with Gasteiger partial charge in [-0.25, -0.2) is 4.98 Å². The molecule has 0 unspecified atom stereocenters. The molecule has 4 rings (SSSR count). The fourth-order valence-corrected chi connectivity index (χ4v) is 4.87. The molecule has 5 nitrogen and oxygen atoms in total. The molecule has 0 aromatic carbocycles. The van der Waals surface area contributed by atoms with Crippen molar-refractivity contribution in [2.75, 3.05) is 38.1 Å². The van der Waals surface area contributed by atoms with Crippen molar-refractivity contribution in [1.29, 1.82) is 0 Å². The predicted octanol–water partition coefficient (Wildman–Crippen LogP) is 3.89. The van der Waals surface area contributed by atoms with Gasteiger partial charge in [-0.2, -0.15) is 13.2 Å². The number of carbonyl (C=O) groups excluding carboxylic acids is 1. The molecule has 0 spiro atoms. The van der Waals surface area contributed by atoms with Crippen molar-refractivity contribution in [3.8, 4) is 0 Å². The van der Waals surface area contributed by atoms with E-state index in [0.717, 1.165) is 49.3 Å². The number of hydrogen-bond donors (Lipinski definition) is 2. The van der Waals surface area contributed by atoms with Crippen LogP contribution < -0.4 is 15.5 Å². The van der Waals surface area contributed by atoms with E-state index in [4.69, 9.17) is 0 Å². The first-order chi connectivity index (χ1) is 13.9. The highest BCUT2D eigenvalue weighted by molar-refractivity contribution is 7.17. The van der Waals surface area contributed by atoms with Crippen LogP contribution >= 0.6 is 11.3 Å². The summed E-state index contributed by atoms with van der Waals surface area (Å²) in [5.74, 6) is 1.26. The molecule has 0 bridgehead atoms. The molecule has 1 saturated heterocycles. The van der Waals surface area contributed by atoms with E-state index in [2.05, 4.69) is 15.6 Å². The summed E-state index contributed by atoms with van der Waals surface area (Å²) in [4.78, 5) is 18.5. The Morgan fingerprint density at radius 2 is 1.86 bits per heavy atom. The number of amides is 1. The van der Waals surface area contributed by atoms with Crippen molar-refractivity contribution in [2.24, 2.45) is 11.8 Å². The number of rotatable bonds is 6. The molecule has 9 heteroatoms. The molecule has 2 aromatic heterocycles. The van der Waals surface area contributed by atoms with E-state index in [9.17, 15) is 18.0 Å². The second-order valence-corrected chi connectivity index (χ2v) is 8.84. The van der Waals surface area contributed by atoms with Crippen molar-refractivity contribution in [1.82, 2.24) is 15.6 Å². The minimum atomic E-state index is -4.49. The lowest BCUT2D eigenvalue weighted by Gasteiger charge is -2.33. The van der Waals surface area contributed by atoms with Crippen LogP contribution in [-0.4, -0.2) is 44.1 Å². The first-order valence-corrected chi connectivity index (χ1v) is 10.9. The third-order valence-corrected chi connectivity index (χ3v) is 6.79. The molecule has 1 amide bonds. The number of pyridine rings is 1. The molecular weight excluding hydrogens is 401 g/mol. The lowest BCUT2D eigenvalue weighted by molar-refractivity contribution is -0.136. The number of anilines is 1. The highest BCUT2D eigenvalue weighted by Crippen LogP contribution is 2.40. The molecule has 2 fully saturated rings. The Hall–Kier alpha value is -1.87. The van der Waals surface area contributed by atoms with Crippen molar-refractivity contribution in [3.63, 3.8) is 0 Å². The van der Waals surface area contributed by atoms with Crippen molar-refractivity contribution in [2.45, 2.75) is 31.9 Å². The zero-order valence-electron chi connectivity index (χ0n) is 16.3. The Labute approximate surface area is 171 Å².